The highest BCUT2D eigenvalue weighted by Gasteiger charge is 2.30. The summed E-state index contributed by atoms with van der Waals surface area (Å²) in [6, 6.07) is 0. The first-order valence-electron chi connectivity index (χ1n) is 6.30. The van der Waals surface area contributed by atoms with E-state index in [1.54, 1.807) is 6.92 Å². The van der Waals surface area contributed by atoms with E-state index in [4.69, 9.17) is 9.47 Å². The summed E-state index contributed by atoms with van der Waals surface area (Å²) in [6.07, 6.45) is 3.59. The van der Waals surface area contributed by atoms with Gasteiger partial charge >= 0.3 is 0 Å². The van der Waals surface area contributed by atoms with E-state index in [9.17, 15) is 10.2 Å². The van der Waals surface area contributed by atoms with Gasteiger partial charge in [-0.05, 0) is 19.3 Å². The lowest BCUT2D eigenvalue weighted by atomic mass is 10.2. The normalized spacial score (nSPS) is 17.1. The average Bonchev–Trinajstić information content (AvgIpc) is 2.27. The third-order valence-corrected chi connectivity index (χ3v) is 2.30. The van der Waals surface area contributed by atoms with Crippen molar-refractivity contribution < 1.29 is 19.7 Å². The Labute approximate surface area is 98.6 Å². The van der Waals surface area contributed by atoms with E-state index in [1.807, 2.05) is 6.92 Å². The van der Waals surface area contributed by atoms with Crippen LogP contribution in [0.3, 0.4) is 0 Å². The van der Waals surface area contributed by atoms with E-state index < -0.39 is 12.3 Å². The van der Waals surface area contributed by atoms with Gasteiger partial charge in [-0.2, -0.15) is 0 Å². The molecular weight excluding hydrogens is 208 g/mol. The maximum absolute atomic E-state index is 10.1. The summed E-state index contributed by atoms with van der Waals surface area (Å²) in [5.41, 5.74) is 0. The smallest absolute Gasteiger partial charge is 0.282 e. The van der Waals surface area contributed by atoms with Crippen molar-refractivity contribution in [2.24, 2.45) is 0 Å². The first-order valence-corrected chi connectivity index (χ1v) is 6.30. The molecule has 2 atom stereocenters. The van der Waals surface area contributed by atoms with Gasteiger partial charge in [0.05, 0.1) is 6.61 Å². The predicted molar refractivity (Wildman–Crippen MR) is 62.7 cm³/mol. The van der Waals surface area contributed by atoms with Gasteiger partial charge in [0.25, 0.3) is 5.97 Å². The molecule has 2 N–H and O–H groups in total. The van der Waals surface area contributed by atoms with Crippen molar-refractivity contribution in [2.75, 3.05) is 6.61 Å². The first kappa shape index (κ1) is 15.8. The molecular formula is C12H26O4. The second kappa shape index (κ2) is 8.93. The van der Waals surface area contributed by atoms with Crippen molar-refractivity contribution in [1.29, 1.82) is 0 Å². The van der Waals surface area contributed by atoms with Crippen LogP contribution in [0.5, 0.6) is 0 Å². The van der Waals surface area contributed by atoms with Crippen molar-refractivity contribution >= 4 is 0 Å². The molecule has 0 aromatic carbocycles. The summed E-state index contributed by atoms with van der Waals surface area (Å²) in [5.74, 6) is -1.62. The molecule has 0 bridgehead atoms. The maximum atomic E-state index is 10.1. The van der Waals surface area contributed by atoms with Crippen LogP contribution in [0.15, 0.2) is 0 Å². The Morgan fingerprint density at radius 1 is 1.12 bits per heavy atom. The van der Waals surface area contributed by atoms with Gasteiger partial charge in [-0.15, -0.1) is 0 Å². The third-order valence-electron chi connectivity index (χ3n) is 2.30. The Morgan fingerprint density at radius 2 is 1.81 bits per heavy atom. The second-order valence-electron chi connectivity index (χ2n) is 4.00. The lowest BCUT2D eigenvalue weighted by molar-refractivity contribution is -0.401. The van der Waals surface area contributed by atoms with Crippen molar-refractivity contribution in [3.8, 4) is 0 Å². The monoisotopic (exact) mass is 234 g/mol. The third kappa shape index (κ3) is 7.17. The Morgan fingerprint density at radius 3 is 2.31 bits per heavy atom. The van der Waals surface area contributed by atoms with E-state index in [2.05, 4.69) is 6.92 Å². The van der Waals surface area contributed by atoms with Crippen LogP contribution in [-0.2, 0) is 9.47 Å². The van der Waals surface area contributed by atoms with Crippen LogP contribution >= 0.6 is 0 Å². The van der Waals surface area contributed by atoms with Crippen molar-refractivity contribution in [3.05, 3.63) is 0 Å². The van der Waals surface area contributed by atoms with Gasteiger partial charge < -0.3 is 14.9 Å². The summed E-state index contributed by atoms with van der Waals surface area (Å²) in [5, 5.41) is 19.5. The van der Waals surface area contributed by atoms with Crippen LogP contribution in [0.2, 0.25) is 0 Å². The molecule has 0 saturated heterocycles. The molecule has 98 valence electrons. The Hall–Kier alpha value is -0.160. The SMILES string of the molecule is CCCCCC(O)(OCCC)OC(O)CC. The minimum absolute atomic E-state index is 0.401. The Kier molecular flexibility index (Phi) is 8.84. The van der Waals surface area contributed by atoms with Crippen molar-refractivity contribution in [2.45, 2.75) is 71.6 Å². The Balaban J connectivity index is 4.12. The molecule has 0 heterocycles. The zero-order valence-corrected chi connectivity index (χ0v) is 10.7. The molecule has 0 aromatic rings. The molecule has 0 spiro atoms. The second-order valence-corrected chi connectivity index (χ2v) is 4.00. The van der Waals surface area contributed by atoms with E-state index in [1.165, 1.54) is 0 Å². The van der Waals surface area contributed by atoms with Crippen LogP contribution in [-0.4, -0.2) is 29.1 Å². The fraction of sp³-hybridized carbons (Fsp3) is 1.00. The highest BCUT2D eigenvalue weighted by molar-refractivity contribution is 4.57. The Bertz CT molecular complexity index is 163. The first-order chi connectivity index (χ1) is 7.58. The predicted octanol–water partition coefficient (Wildman–Crippen LogP) is 2.38. The quantitative estimate of drug-likeness (QED) is 0.450. The largest absolute Gasteiger partial charge is 0.368 e. The number of aliphatic hydroxyl groups excluding tert-OH is 1. The molecule has 16 heavy (non-hydrogen) atoms. The summed E-state index contributed by atoms with van der Waals surface area (Å²) >= 11 is 0. The van der Waals surface area contributed by atoms with E-state index in [0.29, 0.717) is 19.4 Å². The molecule has 0 aromatic heterocycles. The zero-order chi connectivity index (χ0) is 12.4. The van der Waals surface area contributed by atoms with Gasteiger partial charge in [0.2, 0.25) is 0 Å². The molecule has 4 nitrogen and oxygen atoms in total. The fourth-order valence-electron chi connectivity index (χ4n) is 1.32. The van der Waals surface area contributed by atoms with E-state index >= 15 is 0 Å². The molecule has 0 radical (unpaired) electrons. The number of hydrogen-bond donors (Lipinski definition) is 2. The number of hydrogen-bond acceptors (Lipinski definition) is 4. The zero-order valence-electron chi connectivity index (χ0n) is 10.7. The molecule has 4 heteroatoms. The summed E-state index contributed by atoms with van der Waals surface area (Å²) in [6.45, 7) is 6.27. The lowest BCUT2D eigenvalue weighted by Crippen LogP contribution is -2.39. The van der Waals surface area contributed by atoms with Gasteiger partial charge in [0.1, 0.15) is 0 Å². The fourth-order valence-corrected chi connectivity index (χ4v) is 1.32. The number of rotatable bonds is 10. The van der Waals surface area contributed by atoms with Gasteiger partial charge in [0, 0.05) is 6.42 Å². The molecule has 0 fully saturated rings. The summed E-state index contributed by atoms with van der Waals surface area (Å²) in [4.78, 5) is 0. The van der Waals surface area contributed by atoms with Crippen molar-refractivity contribution in [3.63, 3.8) is 0 Å². The number of ether oxygens (including phenoxy) is 2. The maximum Gasteiger partial charge on any atom is 0.282 e. The number of aliphatic hydroxyl groups is 2. The van der Waals surface area contributed by atoms with Gasteiger partial charge in [-0.25, -0.2) is 0 Å². The highest BCUT2D eigenvalue weighted by atomic mass is 16.8. The van der Waals surface area contributed by atoms with E-state index in [0.717, 1.165) is 25.7 Å². The van der Waals surface area contributed by atoms with Crippen molar-refractivity contribution in [1.82, 2.24) is 0 Å². The summed E-state index contributed by atoms with van der Waals surface area (Å²) < 4.78 is 10.4. The van der Waals surface area contributed by atoms with Gasteiger partial charge in [-0.1, -0.05) is 33.6 Å². The molecule has 0 aliphatic rings. The average molecular weight is 234 g/mol. The molecule has 0 amide bonds. The molecule has 0 saturated carbocycles. The molecule has 2 unspecified atom stereocenters. The van der Waals surface area contributed by atoms with Gasteiger partial charge in [0.15, 0.2) is 6.29 Å². The van der Waals surface area contributed by atoms with Crippen LogP contribution in [0.25, 0.3) is 0 Å². The standard InChI is InChI=1S/C12H26O4/c1-4-7-8-9-12(14,15-10-5-2)16-11(13)6-3/h11,13-14H,4-10H2,1-3H3. The van der Waals surface area contributed by atoms with E-state index in [-0.39, 0.29) is 0 Å². The van der Waals surface area contributed by atoms with Gasteiger partial charge in [-0.3, -0.25) is 4.74 Å². The molecule has 0 aliphatic carbocycles. The van der Waals surface area contributed by atoms with Crippen LogP contribution < -0.4 is 0 Å². The lowest BCUT2D eigenvalue weighted by Gasteiger charge is -2.30. The molecule has 0 aliphatic heterocycles. The number of unbranched alkanes of at least 4 members (excludes halogenated alkanes) is 2. The van der Waals surface area contributed by atoms with Crippen LogP contribution in [0, 0.1) is 0 Å². The minimum atomic E-state index is -1.62. The molecule has 0 rings (SSSR count). The highest BCUT2D eigenvalue weighted by Crippen LogP contribution is 2.21. The minimum Gasteiger partial charge on any atom is -0.368 e. The summed E-state index contributed by atoms with van der Waals surface area (Å²) in [7, 11) is 0. The van der Waals surface area contributed by atoms with Crippen LogP contribution in [0.4, 0.5) is 0 Å². The topological polar surface area (TPSA) is 58.9 Å². The van der Waals surface area contributed by atoms with Crippen LogP contribution in [0.1, 0.15) is 59.3 Å².